The molecule has 4 heteroatoms. The van der Waals surface area contributed by atoms with Gasteiger partial charge in [-0.15, -0.1) is 0 Å². The number of rotatable bonds is 4. The van der Waals surface area contributed by atoms with Crippen LogP contribution >= 0.6 is 0 Å². The zero-order valence-electron chi connectivity index (χ0n) is 11.8. The Morgan fingerprint density at radius 1 is 1.05 bits per heavy atom. The molecular weight excluding hydrogens is 262 g/mol. The third-order valence-electron chi connectivity index (χ3n) is 3.35. The van der Waals surface area contributed by atoms with Crippen molar-refractivity contribution in [2.75, 3.05) is 18.2 Å². The van der Waals surface area contributed by atoms with Crippen molar-refractivity contribution in [3.63, 3.8) is 0 Å². The molecule has 106 valence electrons. The fourth-order valence-electron chi connectivity index (χ4n) is 2.18. The highest BCUT2D eigenvalue weighted by Gasteiger charge is 2.00. The molecule has 0 aliphatic heterocycles. The lowest BCUT2D eigenvalue weighted by Gasteiger charge is -2.08. The minimum Gasteiger partial charge on any atom is -0.497 e. The van der Waals surface area contributed by atoms with Gasteiger partial charge in [0.1, 0.15) is 11.6 Å². The van der Waals surface area contributed by atoms with Crippen LogP contribution in [0.4, 0.5) is 11.5 Å². The summed E-state index contributed by atoms with van der Waals surface area (Å²) in [6, 6.07) is 17.7. The third-order valence-corrected chi connectivity index (χ3v) is 3.35. The number of nitrogens with zero attached hydrogens (tertiary/aromatic N) is 1. The van der Waals surface area contributed by atoms with Crippen molar-refractivity contribution in [1.29, 1.82) is 0 Å². The smallest absolute Gasteiger partial charge is 0.126 e. The Balaban J connectivity index is 1.73. The van der Waals surface area contributed by atoms with Gasteiger partial charge in [0.25, 0.3) is 0 Å². The summed E-state index contributed by atoms with van der Waals surface area (Å²) in [5.74, 6) is 1.71. The number of aromatic nitrogens is 1. The number of hydrogen-bond donors (Lipinski definition) is 2. The number of methoxy groups -OCH3 is 1. The standard InChI is InChI=1S/C17H17N3O/c1-21-15-6-2-12(3-7-15)11-19-17-9-4-13-10-14(18)5-8-16(13)20-17/h2-10H,11,18H2,1H3,(H,19,20). The maximum absolute atomic E-state index is 5.77. The number of nitrogen functional groups attached to an aromatic ring is 1. The van der Waals surface area contributed by atoms with E-state index in [9.17, 15) is 0 Å². The van der Waals surface area contributed by atoms with Crippen molar-refractivity contribution < 1.29 is 4.74 Å². The van der Waals surface area contributed by atoms with Crippen molar-refractivity contribution in [3.8, 4) is 5.75 Å². The molecule has 0 atom stereocenters. The molecule has 0 spiro atoms. The second-order valence-electron chi connectivity index (χ2n) is 4.85. The van der Waals surface area contributed by atoms with Crippen LogP contribution in [0.2, 0.25) is 0 Å². The van der Waals surface area contributed by atoms with Gasteiger partial charge in [0.15, 0.2) is 0 Å². The number of nitrogens with two attached hydrogens (primary N) is 1. The van der Waals surface area contributed by atoms with Gasteiger partial charge in [0.05, 0.1) is 12.6 Å². The minimum absolute atomic E-state index is 0.720. The van der Waals surface area contributed by atoms with E-state index in [-0.39, 0.29) is 0 Å². The van der Waals surface area contributed by atoms with Crippen LogP contribution in [0.5, 0.6) is 5.75 Å². The average Bonchev–Trinajstić information content (AvgIpc) is 2.53. The summed E-state index contributed by atoms with van der Waals surface area (Å²) < 4.78 is 5.15. The lowest BCUT2D eigenvalue weighted by Crippen LogP contribution is -2.01. The number of nitrogens with one attached hydrogen (secondary N) is 1. The number of benzene rings is 2. The van der Waals surface area contributed by atoms with Crippen LogP contribution in [0.1, 0.15) is 5.56 Å². The molecule has 0 unspecified atom stereocenters. The first-order valence-corrected chi connectivity index (χ1v) is 6.78. The Labute approximate surface area is 123 Å². The number of ether oxygens (including phenoxy) is 1. The van der Waals surface area contributed by atoms with Crippen molar-refractivity contribution in [1.82, 2.24) is 4.98 Å². The molecule has 0 fully saturated rings. The zero-order chi connectivity index (χ0) is 14.7. The van der Waals surface area contributed by atoms with E-state index < -0.39 is 0 Å². The predicted octanol–water partition coefficient (Wildman–Crippen LogP) is 3.44. The van der Waals surface area contributed by atoms with E-state index in [4.69, 9.17) is 10.5 Å². The van der Waals surface area contributed by atoms with Gasteiger partial charge >= 0.3 is 0 Å². The monoisotopic (exact) mass is 279 g/mol. The topological polar surface area (TPSA) is 60.2 Å². The molecule has 0 aliphatic rings. The number of fused-ring (bicyclic) bond motifs is 1. The van der Waals surface area contributed by atoms with E-state index in [1.807, 2.05) is 54.6 Å². The van der Waals surface area contributed by atoms with Crippen LogP contribution in [0.3, 0.4) is 0 Å². The molecule has 3 N–H and O–H groups in total. The summed E-state index contributed by atoms with van der Waals surface area (Å²) in [6.45, 7) is 0.720. The molecule has 1 aromatic heterocycles. The highest BCUT2D eigenvalue weighted by molar-refractivity contribution is 5.83. The number of anilines is 2. The summed E-state index contributed by atoms with van der Waals surface area (Å²) in [6.07, 6.45) is 0. The molecule has 21 heavy (non-hydrogen) atoms. The van der Waals surface area contributed by atoms with Crippen LogP contribution in [-0.2, 0) is 6.54 Å². The first-order chi connectivity index (χ1) is 10.2. The normalized spacial score (nSPS) is 10.5. The van der Waals surface area contributed by atoms with Gasteiger partial charge in [-0.25, -0.2) is 4.98 Å². The maximum Gasteiger partial charge on any atom is 0.126 e. The molecule has 3 rings (SSSR count). The molecule has 3 aromatic rings. The fraction of sp³-hybridized carbons (Fsp3) is 0.118. The molecule has 1 heterocycles. The van der Waals surface area contributed by atoms with Crippen molar-refractivity contribution in [3.05, 3.63) is 60.2 Å². The molecule has 2 aromatic carbocycles. The minimum atomic E-state index is 0.720. The Morgan fingerprint density at radius 2 is 1.86 bits per heavy atom. The SMILES string of the molecule is COc1ccc(CNc2ccc3cc(N)ccc3n2)cc1. The van der Waals surface area contributed by atoms with Crippen molar-refractivity contribution in [2.45, 2.75) is 6.54 Å². The van der Waals surface area contributed by atoms with Crippen LogP contribution in [0.25, 0.3) is 10.9 Å². The van der Waals surface area contributed by atoms with E-state index in [1.54, 1.807) is 7.11 Å². The summed E-state index contributed by atoms with van der Waals surface area (Å²) in [5, 5.41) is 4.37. The van der Waals surface area contributed by atoms with Gasteiger partial charge in [-0.2, -0.15) is 0 Å². The highest BCUT2D eigenvalue weighted by Crippen LogP contribution is 2.18. The summed E-state index contributed by atoms with van der Waals surface area (Å²) in [5.41, 5.74) is 8.63. The molecular formula is C17H17N3O. The lowest BCUT2D eigenvalue weighted by molar-refractivity contribution is 0.414. The largest absolute Gasteiger partial charge is 0.497 e. The molecule has 4 nitrogen and oxygen atoms in total. The Kier molecular flexibility index (Phi) is 3.60. The third kappa shape index (κ3) is 3.05. The molecule has 0 radical (unpaired) electrons. The van der Waals surface area contributed by atoms with E-state index in [0.717, 1.165) is 34.7 Å². The maximum atomic E-state index is 5.77. The molecule has 0 bridgehead atoms. The van der Waals surface area contributed by atoms with E-state index >= 15 is 0 Å². The van der Waals surface area contributed by atoms with Gasteiger partial charge in [0.2, 0.25) is 0 Å². The van der Waals surface area contributed by atoms with Crippen molar-refractivity contribution in [2.24, 2.45) is 0 Å². The van der Waals surface area contributed by atoms with Gasteiger partial charge < -0.3 is 15.8 Å². The van der Waals surface area contributed by atoms with Crippen LogP contribution in [-0.4, -0.2) is 12.1 Å². The summed E-state index contributed by atoms with van der Waals surface area (Å²) in [7, 11) is 1.67. The Bertz CT molecular complexity index is 754. The first kappa shape index (κ1) is 13.2. The number of pyridine rings is 1. The second kappa shape index (κ2) is 5.71. The molecule has 0 saturated carbocycles. The first-order valence-electron chi connectivity index (χ1n) is 6.78. The van der Waals surface area contributed by atoms with Crippen molar-refractivity contribution >= 4 is 22.4 Å². The fourth-order valence-corrected chi connectivity index (χ4v) is 2.18. The van der Waals surface area contributed by atoms with Crippen LogP contribution in [0.15, 0.2) is 54.6 Å². The highest BCUT2D eigenvalue weighted by atomic mass is 16.5. The van der Waals surface area contributed by atoms with E-state index in [0.29, 0.717) is 0 Å². The molecule has 0 saturated heterocycles. The molecule has 0 aliphatic carbocycles. The lowest BCUT2D eigenvalue weighted by atomic mass is 10.2. The molecule has 0 amide bonds. The van der Waals surface area contributed by atoms with Gasteiger partial charge in [0, 0.05) is 17.6 Å². The summed E-state index contributed by atoms with van der Waals surface area (Å²) >= 11 is 0. The Hall–Kier alpha value is -2.75. The van der Waals surface area contributed by atoms with Crippen LogP contribution < -0.4 is 15.8 Å². The zero-order valence-corrected chi connectivity index (χ0v) is 11.8. The van der Waals surface area contributed by atoms with Crippen LogP contribution in [0, 0.1) is 0 Å². The van der Waals surface area contributed by atoms with E-state index in [2.05, 4.69) is 10.3 Å². The second-order valence-corrected chi connectivity index (χ2v) is 4.85. The quantitative estimate of drug-likeness (QED) is 0.718. The average molecular weight is 279 g/mol. The number of hydrogen-bond acceptors (Lipinski definition) is 4. The Morgan fingerprint density at radius 3 is 2.62 bits per heavy atom. The van der Waals surface area contributed by atoms with Gasteiger partial charge in [-0.1, -0.05) is 12.1 Å². The predicted molar refractivity (Wildman–Crippen MR) is 86.5 cm³/mol. The summed E-state index contributed by atoms with van der Waals surface area (Å²) in [4.78, 5) is 4.57. The van der Waals surface area contributed by atoms with Gasteiger partial charge in [-0.3, -0.25) is 0 Å². The van der Waals surface area contributed by atoms with Gasteiger partial charge in [-0.05, 0) is 48.0 Å². The van der Waals surface area contributed by atoms with E-state index in [1.165, 1.54) is 5.56 Å².